The summed E-state index contributed by atoms with van der Waals surface area (Å²) in [4.78, 5) is 4.19. The standard InChI is InChI=1S/C13H16ClN3O2/c1-7(2)9-4-8(5-10(14)12(9)18-3)13-16-11(6-15)19-17-13/h4-5,7H,6,15H2,1-3H3. The molecule has 5 nitrogen and oxygen atoms in total. The van der Waals surface area contributed by atoms with Crippen molar-refractivity contribution >= 4 is 11.6 Å². The molecule has 0 bridgehead atoms. The summed E-state index contributed by atoms with van der Waals surface area (Å²) in [6, 6.07) is 3.72. The highest BCUT2D eigenvalue weighted by atomic mass is 35.5. The van der Waals surface area contributed by atoms with Gasteiger partial charge in [-0.15, -0.1) is 0 Å². The van der Waals surface area contributed by atoms with Crippen molar-refractivity contribution in [2.45, 2.75) is 26.3 Å². The minimum atomic E-state index is 0.216. The van der Waals surface area contributed by atoms with E-state index in [1.807, 2.05) is 6.07 Å². The third kappa shape index (κ3) is 2.72. The zero-order valence-corrected chi connectivity index (χ0v) is 11.9. The predicted octanol–water partition coefficient (Wildman–Crippen LogP) is 2.98. The molecule has 0 fully saturated rings. The Bertz CT molecular complexity index is 581. The van der Waals surface area contributed by atoms with Crippen LogP contribution in [0.3, 0.4) is 0 Å². The van der Waals surface area contributed by atoms with Crippen molar-refractivity contribution in [2.75, 3.05) is 7.11 Å². The highest BCUT2D eigenvalue weighted by Gasteiger charge is 2.16. The first-order chi connectivity index (χ1) is 9.06. The van der Waals surface area contributed by atoms with Crippen molar-refractivity contribution in [1.29, 1.82) is 0 Å². The van der Waals surface area contributed by atoms with Crippen molar-refractivity contribution in [2.24, 2.45) is 5.73 Å². The number of ether oxygens (including phenoxy) is 1. The number of aromatic nitrogens is 2. The van der Waals surface area contributed by atoms with Gasteiger partial charge in [0.25, 0.3) is 0 Å². The second-order valence-electron chi connectivity index (χ2n) is 4.45. The van der Waals surface area contributed by atoms with Crippen LogP contribution in [0, 0.1) is 0 Å². The SMILES string of the molecule is COc1c(Cl)cc(-c2noc(CN)n2)cc1C(C)C. The average molecular weight is 282 g/mol. The molecule has 0 atom stereocenters. The van der Waals surface area contributed by atoms with E-state index in [0.717, 1.165) is 11.1 Å². The van der Waals surface area contributed by atoms with Crippen LogP contribution >= 0.6 is 11.6 Å². The summed E-state index contributed by atoms with van der Waals surface area (Å²) in [6.07, 6.45) is 0. The molecule has 0 saturated carbocycles. The van der Waals surface area contributed by atoms with Gasteiger partial charge in [-0.05, 0) is 23.6 Å². The molecule has 19 heavy (non-hydrogen) atoms. The Balaban J connectivity index is 2.53. The number of nitrogens with zero attached hydrogens (tertiary/aromatic N) is 2. The van der Waals surface area contributed by atoms with Gasteiger partial charge in [0.2, 0.25) is 11.7 Å². The Morgan fingerprint density at radius 2 is 2.16 bits per heavy atom. The number of benzene rings is 1. The molecule has 0 saturated heterocycles. The number of hydrogen-bond acceptors (Lipinski definition) is 5. The van der Waals surface area contributed by atoms with Gasteiger partial charge in [-0.3, -0.25) is 0 Å². The number of hydrogen-bond donors (Lipinski definition) is 1. The number of methoxy groups -OCH3 is 1. The molecule has 6 heteroatoms. The molecule has 0 spiro atoms. The van der Waals surface area contributed by atoms with E-state index in [0.29, 0.717) is 22.5 Å². The van der Waals surface area contributed by atoms with Gasteiger partial charge in [-0.2, -0.15) is 4.98 Å². The first-order valence-electron chi connectivity index (χ1n) is 5.97. The summed E-state index contributed by atoms with van der Waals surface area (Å²) in [5, 5.41) is 4.42. The highest BCUT2D eigenvalue weighted by Crippen LogP contribution is 2.37. The van der Waals surface area contributed by atoms with Crippen molar-refractivity contribution in [1.82, 2.24) is 10.1 Å². The first-order valence-corrected chi connectivity index (χ1v) is 6.35. The third-order valence-corrected chi connectivity index (χ3v) is 3.08. The van der Waals surface area contributed by atoms with E-state index in [2.05, 4.69) is 24.0 Å². The normalized spacial score (nSPS) is 11.1. The molecule has 2 rings (SSSR count). The minimum absolute atomic E-state index is 0.216. The van der Waals surface area contributed by atoms with Crippen molar-refractivity contribution in [3.8, 4) is 17.1 Å². The molecule has 1 aromatic heterocycles. The van der Waals surface area contributed by atoms with E-state index >= 15 is 0 Å². The van der Waals surface area contributed by atoms with E-state index in [-0.39, 0.29) is 12.5 Å². The van der Waals surface area contributed by atoms with Gasteiger partial charge in [0.1, 0.15) is 5.75 Å². The topological polar surface area (TPSA) is 74.2 Å². The van der Waals surface area contributed by atoms with Crippen LogP contribution in [0.4, 0.5) is 0 Å². The number of halogens is 1. The molecule has 0 aliphatic carbocycles. The molecule has 1 heterocycles. The van der Waals surface area contributed by atoms with Gasteiger partial charge >= 0.3 is 0 Å². The monoisotopic (exact) mass is 281 g/mol. The molecule has 0 aliphatic heterocycles. The third-order valence-electron chi connectivity index (χ3n) is 2.80. The van der Waals surface area contributed by atoms with Crippen LogP contribution in [0.1, 0.15) is 31.2 Å². The van der Waals surface area contributed by atoms with Crippen molar-refractivity contribution in [3.63, 3.8) is 0 Å². The largest absolute Gasteiger partial charge is 0.495 e. The Morgan fingerprint density at radius 3 is 2.68 bits per heavy atom. The fraction of sp³-hybridized carbons (Fsp3) is 0.385. The molecule has 0 radical (unpaired) electrons. The van der Waals surface area contributed by atoms with E-state index in [4.69, 9.17) is 26.6 Å². The van der Waals surface area contributed by atoms with Crippen LogP contribution in [-0.4, -0.2) is 17.3 Å². The smallest absolute Gasteiger partial charge is 0.240 e. The summed E-state index contributed by atoms with van der Waals surface area (Å²) in [6.45, 7) is 4.35. The lowest BCUT2D eigenvalue weighted by Crippen LogP contribution is -1.97. The Morgan fingerprint density at radius 1 is 1.42 bits per heavy atom. The number of nitrogens with two attached hydrogens (primary N) is 1. The molecular weight excluding hydrogens is 266 g/mol. The van der Waals surface area contributed by atoms with Gasteiger partial charge in [-0.1, -0.05) is 30.6 Å². The zero-order chi connectivity index (χ0) is 14.0. The van der Waals surface area contributed by atoms with Gasteiger partial charge in [0.15, 0.2) is 0 Å². The molecule has 0 amide bonds. The van der Waals surface area contributed by atoms with Crippen molar-refractivity contribution < 1.29 is 9.26 Å². The van der Waals surface area contributed by atoms with Crippen LogP contribution in [-0.2, 0) is 6.54 Å². The van der Waals surface area contributed by atoms with Crippen LogP contribution < -0.4 is 10.5 Å². The molecule has 102 valence electrons. The quantitative estimate of drug-likeness (QED) is 0.932. The minimum Gasteiger partial charge on any atom is -0.495 e. The maximum Gasteiger partial charge on any atom is 0.240 e. The second kappa shape index (κ2) is 5.59. The van der Waals surface area contributed by atoms with E-state index in [1.54, 1.807) is 13.2 Å². The summed E-state index contributed by atoms with van der Waals surface area (Å²) >= 11 is 6.23. The predicted molar refractivity (Wildman–Crippen MR) is 73.3 cm³/mol. The summed E-state index contributed by atoms with van der Waals surface area (Å²) in [5.41, 5.74) is 7.25. The van der Waals surface area contributed by atoms with E-state index in [1.165, 1.54) is 0 Å². The molecule has 0 unspecified atom stereocenters. The maximum atomic E-state index is 6.23. The van der Waals surface area contributed by atoms with Crippen LogP contribution in [0.2, 0.25) is 5.02 Å². The van der Waals surface area contributed by atoms with Crippen molar-refractivity contribution in [3.05, 3.63) is 28.6 Å². The molecule has 1 aromatic carbocycles. The zero-order valence-electron chi connectivity index (χ0n) is 11.1. The molecule has 2 aromatic rings. The highest BCUT2D eigenvalue weighted by molar-refractivity contribution is 6.32. The maximum absolute atomic E-state index is 6.23. The lowest BCUT2D eigenvalue weighted by Gasteiger charge is -2.14. The fourth-order valence-corrected chi connectivity index (χ4v) is 2.15. The Labute approximate surface area is 116 Å². The van der Waals surface area contributed by atoms with Crippen LogP contribution in [0.25, 0.3) is 11.4 Å². The molecule has 0 aliphatic rings. The fourth-order valence-electron chi connectivity index (χ4n) is 1.84. The molecular formula is C13H16ClN3O2. The second-order valence-corrected chi connectivity index (χ2v) is 4.86. The lowest BCUT2D eigenvalue weighted by atomic mass is 9.99. The van der Waals surface area contributed by atoms with Gasteiger partial charge in [0.05, 0.1) is 18.7 Å². The first kappa shape index (κ1) is 13.8. The van der Waals surface area contributed by atoms with Gasteiger partial charge < -0.3 is 15.0 Å². The number of rotatable bonds is 4. The van der Waals surface area contributed by atoms with Gasteiger partial charge in [0, 0.05) is 5.56 Å². The van der Waals surface area contributed by atoms with Crippen LogP contribution in [0.5, 0.6) is 5.75 Å². The lowest BCUT2D eigenvalue weighted by molar-refractivity contribution is 0.380. The van der Waals surface area contributed by atoms with Crippen LogP contribution in [0.15, 0.2) is 16.7 Å². The van der Waals surface area contributed by atoms with E-state index in [9.17, 15) is 0 Å². The summed E-state index contributed by atoms with van der Waals surface area (Å²) in [5.74, 6) is 1.83. The Hall–Kier alpha value is -1.59. The summed E-state index contributed by atoms with van der Waals surface area (Å²) in [7, 11) is 1.60. The molecule has 2 N–H and O–H groups in total. The average Bonchev–Trinajstić information content (AvgIpc) is 2.86. The van der Waals surface area contributed by atoms with Gasteiger partial charge in [-0.25, -0.2) is 0 Å². The summed E-state index contributed by atoms with van der Waals surface area (Å²) < 4.78 is 10.3. The Kier molecular flexibility index (Phi) is 4.07. The van der Waals surface area contributed by atoms with E-state index < -0.39 is 0 Å².